The Balaban J connectivity index is 0.00000324. The Bertz CT molecular complexity index is 397. The van der Waals surface area contributed by atoms with Gasteiger partial charge in [0.2, 0.25) is 5.91 Å². The summed E-state index contributed by atoms with van der Waals surface area (Å²) in [7, 11) is 1.86. The smallest absolute Gasteiger partial charge is 0.227 e. The van der Waals surface area contributed by atoms with Crippen LogP contribution in [0.4, 0.5) is 0 Å². The van der Waals surface area contributed by atoms with E-state index in [-0.39, 0.29) is 30.2 Å². The van der Waals surface area contributed by atoms with Crippen LogP contribution in [0.25, 0.3) is 0 Å². The fourth-order valence-corrected chi connectivity index (χ4v) is 2.16. The summed E-state index contributed by atoms with van der Waals surface area (Å²) in [6, 6.07) is 7.52. The summed E-state index contributed by atoms with van der Waals surface area (Å²) >= 11 is 5.98. The van der Waals surface area contributed by atoms with Crippen LogP contribution < -0.4 is 10.6 Å². The van der Waals surface area contributed by atoms with Crippen LogP contribution >= 0.6 is 24.0 Å². The lowest BCUT2D eigenvalue weighted by molar-refractivity contribution is -0.123. The molecule has 0 aliphatic heterocycles. The van der Waals surface area contributed by atoms with Crippen molar-refractivity contribution in [3.8, 4) is 0 Å². The third kappa shape index (κ3) is 5.81. The normalized spacial score (nSPS) is 11.8. The number of benzene rings is 1. The Labute approximate surface area is 126 Å². The molecule has 1 atom stereocenters. The molecule has 3 nitrogen and oxygen atoms in total. The van der Waals surface area contributed by atoms with Gasteiger partial charge in [0.15, 0.2) is 0 Å². The van der Waals surface area contributed by atoms with E-state index < -0.39 is 0 Å². The number of carbonyl (C=O) groups excluding carboxylic acids is 1. The van der Waals surface area contributed by atoms with Crippen molar-refractivity contribution >= 4 is 29.9 Å². The maximum Gasteiger partial charge on any atom is 0.227 e. The molecule has 1 amide bonds. The van der Waals surface area contributed by atoms with Crippen molar-refractivity contribution < 1.29 is 4.79 Å². The maximum absolute atomic E-state index is 12.2. The zero-order chi connectivity index (χ0) is 13.5. The summed E-state index contributed by atoms with van der Waals surface area (Å²) in [5.41, 5.74) is 0.972. The number of amides is 1. The second-order valence-electron chi connectivity index (χ2n) is 4.67. The van der Waals surface area contributed by atoms with Gasteiger partial charge in [0.1, 0.15) is 0 Å². The molecule has 0 saturated heterocycles. The van der Waals surface area contributed by atoms with E-state index in [1.165, 1.54) is 0 Å². The Morgan fingerprint density at radius 2 is 2.00 bits per heavy atom. The van der Waals surface area contributed by atoms with Crippen molar-refractivity contribution in [1.29, 1.82) is 0 Å². The highest BCUT2D eigenvalue weighted by atomic mass is 35.5. The molecule has 0 spiro atoms. The van der Waals surface area contributed by atoms with Gasteiger partial charge in [0, 0.05) is 18.1 Å². The fraction of sp³-hybridized carbons (Fsp3) is 0.500. The van der Waals surface area contributed by atoms with Gasteiger partial charge in [-0.3, -0.25) is 4.79 Å². The average Bonchev–Trinajstić information content (AvgIpc) is 2.29. The number of nitrogens with one attached hydrogen (secondary N) is 2. The van der Waals surface area contributed by atoms with Crippen LogP contribution in [-0.4, -0.2) is 26.0 Å². The van der Waals surface area contributed by atoms with Crippen molar-refractivity contribution in [2.24, 2.45) is 5.92 Å². The molecule has 1 aromatic rings. The van der Waals surface area contributed by atoms with Crippen LogP contribution in [0.3, 0.4) is 0 Å². The standard InChI is InChI=1S/C14H21ClN2O.ClH/c1-10(2)13(14(18)17-8-7-16-3)11-5-4-6-12(15)9-11;/h4-6,9-10,13,16H,7-8H2,1-3H3,(H,17,18);1H. The molecule has 0 bridgehead atoms. The SMILES string of the molecule is CNCCNC(=O)C(c1cccc(Cl)c1)C(C)C.Cl. The number of rotatable bonds is 6. The molecular weight excluding hydrogens is 283 g/mol. The number of likely N-dealkylation sites (N-methyl/N-ethyl adjacent to an activating group) is 1. The molecule has 108 valence electrons. The lowest BCUT2D eigenvalue weighted by atomic mass is 9.87. The molecule has 5 heteroatoms. The highest BCUT2D eigenvalue weighted by Crippen LogP contribution is 2.26. The first-order chi connectivity index (χ1) is 8.56. The minimum absolute atomic E-state index is 0. The molecule has 0 fully saturated rings. The van der Waals surface area contributed by atoms with E-state index in [9.17, 15) is 4.79 Å². The Morgan fingerprint density at radius 3 is 2.53 bits per heavy atom. The van der Waals surface area contributed by atoms with Gasteiger partial charge in [-0.15, -0.1) is 12.4 Å². The second kappa shape index (κ2) is 9.18. The summed E-state index contributed by atoms with van der Waals surface area (Å²) in [6.45, 7) is 5.50. The minimum atomic E-state index is -0.152. The molecule has 1 aromatic carbocycles. The lowest BCUT2D eigenvalue weighted by Gasteiger charge is -2.21. The molecular formula is C14H22Cl2N2O. The summed E-state index contributed by atoms with van der Waals surface area (Å²) in [5.74, 6) is 0.140. The average molecular weight is 305 g/mol. The first-order valence-electron chi connectivity index (χ1n) is 6.24. The Kier molecular flexibility index (Phi) is 8.81. The Morgan fingerprint density at radius 1 is 1.32 bits per heavy atom. The third-order valence-electron chi connectivity index (χ3n) is 2.83. The number of halogens is 2. The monoisotopic (exact) mass is 304 g/mol. The number of hydrogen-bond acceptors (Lipinski definition) is 2. The van der Waals surface area contributed by atoms with Crippen molar-refractivity contribution in [1.82, 2.24) is 10.6 Å². The molecule has 0 aliphatic carbocycles. The van der Waals surface area contributed by atoms with E-state index >= 15 is 0 Å². The molecule has 19 heavy (non-hydrogen) atoms. The van der Waals surface area contributed by atoms with Crippen LogP contribution in [0.1, 0.15) is 25.3 Å². The van der Waals surface area contributed by atoms with E-state index in [1.807, 2.05) is 45.2 Å². The van der Waals surface area contributed by atoms with E-state index in [1.54, 1.807) is 0 Å². The lowest BCUT2D eigenvalue weighted by Crippen LogP contribution is -2.35. The predicted octanol–water partition coefficient (Wildman–Crippen LogP) is 2.84. The van der Waals surface area contributed by atoms with E-state index in [2.05, 4.69) is 10.6 Å². The van der Waals surface area contributed by atoms with Crippen LogP contribution in [0.5, 0.6) is 0 Å². The highest BCUT2D eigenvalue weighted by molar-refractivity contribution is 6.30. The van der Waals surface area contributed by atoms with Crippen molar-refractivity contribution in [2.45, 2.75) is 19.8 Å². The largest absolute Gasteiger partial charge is 0.354 e. The zero-order valence-corrected chi connectivity index (χ0v) is 13.1. The second-order valence-corrected chi connectivity index (χ2v) is 5.11. The summed E-state index contributed by atoms with van der Waals surface area (Å²) in [4.78, 5) is 12.2. The quantitative estimate of drug-likeness (QED) is 0.794. The van der Waals surface area contributed by atoms with Gasteiger partial charge in [-0.1, -0.05) is 37.6 Å². The van der Waals surface area contributed by atoms with Crippen LogP contribution in [-0.2, 0) is 4.79 Å². The molecule has 0 aliphatic rings. The van der Waals surface area contributed by atoms with E-state index in [4.69, 9.17) is 11.6 Å². The van der Waals surface area contributed by atoms with Crippen molar-refractivity contribution in [3.05, 3.63) is 34.9 Å². The first-order valence-corrected chi connectivity index (χ1v) is 6.61. The van der Waals surface area contributed by atoms with Crippen LogP contribution in [0.15, 0.2) is 24.3 Å². The van der Waals surface area contributed by atoms with Gasteiger partial charge in [-0.05, 0) is 30.7 Å². The number of hydrogen-bond donors (Lipinski definition) is 2. The molecule has 2 N–H and O–H groups in total. The van der Waals surface area contributed by atoms with E-state index in [0.717, 1.165) is 12.1 Å². The Hall–Kier alpha value is -0.770. The minimum Gasteiger partial charge on any atom is -0.354 e. The van der Waals surface area contributed by atoms with Gasteiger partial charge in [-0.2, -0.15) is 0 Å². The summed E-state index contributed by atoms with van der Waals surface area (Å²) in [6.07, 6.45) is 0. The highest BCUT2D eigenvalue weighted by Gasteiger charge is 2.23. The zero-order valence-electron chi connectivity index (χ0n) is 11.6. The molecule has 0 aromatic heterocycles. The number of carbonyl (C=O) groups is 1. The predicted molar refractivity (Wildman–Crippen MR) is 83.2 cm³/mol. The summed E-state index contributed by atoms with van der Waals surface area (Å²) in [5, 5.41) is 6.61. The first kappa shape index (κ1) is 18.2. The van der Waals surface area contributed by atoms with Gasteiger partial charge >= 0.3 is 0 Å². The van der Waals surface area contributed by atoms with Gasteiger partial charge in [0.25, 0.3) is 0 Å². The molecule has 1 rings (SSSR count). The van der Waals surface area contributed by atoms with Gasteiger partial charge < -0.3 is 10.6 Å². The third-order valence-corrected chi connectivity index (χ3v) is 3.07. The molecule has 1 unspecified atom stereocenters. The summed E-state index contributed by atoms with van der Waals surface area (Å²) < 4.78 is 0. The van der Waals surface area contributed by atoms with Crippen molar-refractivity contribution in [2.75, 3.05) is 20.1 Å². The van der Waals surface area contributed by atoms with Crippen molar-refractivity contribution in [3.63, 3.8) is 0 Å². The van der Waals surface area contributed by atoms with Crippen LogP contribution in [0, 0.1) is 5.92 Å². The molecule has 0 radical (unpaired) electrons. The van der Waals surface area contributed by atoms with E-state index in [0.29, 0.717) is 11.6 Å². The topological polar surface area (TPSA) is 41.1 Å². The van der Waals surface area contributed by atoms with Gasteiger partial charge in [0.05, 0.1) is 5.92 Å². The fourth-order valence-electron chi connectivity index (χ4n) is 1.96. The molecule has 0 heterocycles. The van der Waals surface area contributed by atoms with Crippen LogP contribution in [0.2, 0.25) is 5.02 Å². The molecule has 0 saturated carbocycles. The maximum atomic E-state index is 12.2. The van der Waals surface area contributed by atoms with Gasteiger partial charge in [-0.25, -0.2) is 0 Å².